The third kappa shape index (κ3) is 2.73. The molecule has 0 saturated carbocycles. The van der Waals surface area contributed by atoms with Gasteiger partial charge < -0.3 is 5.32 Å². The maximum absolute atomic E-state index is 15.9. The van der Waals surface area contributed by atoms with E-state index >= 15 is 8.78 Å². The smallest absolute Gasteiger partial charge is 0.333 e. The molecule has 1 heterocycles. The number of alkyl halides is 2. The molecule has 3 aromatic rings. The van der Waals surface area contributed by atoms with Crippen molar-refractivity contribution >= 4 is 11.7 Å². The molecule has 1 amide bonds. The van der Waals surface area contributed by atoms with Gasteiger partial charge in [0.15, 0.2) is 5.54 Å². The standard InChI is InChI=1S/C22H13F4NO2/c23-15-9-5-13(6-10-15)19(28)22(25,26)21(14-7-11-16(24)12-8-14)18-4-2-1-3-17(18)20(29)27-21/h1-12H,(H,27,29). The van der Waals surface area contributed by atoms with Crippen LogP contribution in [0.5, 0.6) is 0 Å². The van der Waals surface area contributed by atoms with Gasteiger partial charge in [-0.2, -0.15) is 8.78 Å². The fourth-order valence-corrected chi connectivity index (χ4v) is 3.62. The van der Waals surface area contributed by atoms with Gasteiger partial charge >= 0.3 is 5.92 Å². The zero-order chi connectivity index (χ0) is 20.8. The number of rotatable bonds is 4. The van der Waals surface area contributed by atoms with E-state index in [1.807, 2.05) is 0 Å². The fourth-order valence-electron chi connectivity index (χ4n) is 3.62. The highest BCUT2D eigenvalue weighted by Gasteiger charge is 2.65. The number of carbonyl (C=O) groups excluding carboxylic acids is 2. The second kappa shape index (κ2) is 6.55. The predicted molar refractivity (Wildman–Crippen MR) is 96.8 cm³/mol. The summed E-state index contributed by atoms with van der Waals surface area (Å²) in [5, 5.41) is 2.26. The Kier molecular flexibility index (Phi) is 4.26. The van der Waals surface area contributed by atoms with E-state index in [4.69, 9.17) is 0 Å². The van der Waals surface area contributed by atoms with Gasteiger partial charge in [-0.1, -0.05) is 30.3 Å². The molecule has 7 heteroatoms. The van der Waals surface area contributed by atoms with Crippen LogP contribution in [0.4, 0.5) is 17.6 Å². The second-order valence-corrected chi connectivity index (χ2v) is 6.67. The normalized spacial score (nSPS) is 18.3. The first-order valence-corrected chi connectivity index (χ1v) is 8.63. The van der Waals surface area contributed by atoms with Gasteiger partial charge in [0.25, 0.3) is 5.91 Å². The number of hydrogen-bond donors (Lipinski definition) is 1. The summed E-state index contributed by atoms with van der Waals surface area (Å²) in [4.78, 5) is 25.3. The van der Waals surface area contributed by atoms with Crippen LogP contribution in [0.25, 0.3) is 0 Å². The van der Waals surface area contributed by atoms with Crippen molar-refractivity contribution in [1.29, 1.82) is 0 Å². The Labute approximate surface area is 163 Å². The Hall–Kier alpha value is -3.48. The SMILES string of the molecule is O=C1NC(c2ccc(F)cc2)(C(F)(F)C(=O)c2ccc(F)cc2)c2ccccc21. The van der Waals surface area contributed by atoms with E-state index < -0.39 is 40.3 Å². The summed E-state index contributed by atoms with van der Waals surface area (Å²) in [6, 6.07) is 13.5. The van der Waals surface area contributed by atoms with Crippen molar-refractivity contribution in [3.63, 3.8) is 0 Å². The third-order valence-electron chi connectivity index (χ3n) is 5.02. The second-order valence-electron chi connectivity index (χ2n) is 6.67. The van der Waals surface area contributed by atoms with Crippen LogP contribution in [0.15, 0.2) is 72.8 Å². The molecule has 1 N–H and O–H groups in total. The van der Waals surface area contributed by atoms with E-state index in [1.165, 1.54) is 24.3 Å². The molecule has 0 radical (unpaired) electrons. The topological polar surface area (TPSA) is 46.2 Å². The Morgan fingerprint density at radius 2 is 1.38 bits per heavy atom. The lowest BCUT2D eigenvalue weighted by Crippen LogP contribution is -2.58. The maximum atomic E-state index is 15.9. The highest BCUT2D eigenvalue weighted by molar-refractivity contribution is 6.07. The van der Waals surface area contributed by atoms with E-state index in [9.17, 15) is 18.4 Å². The number of benzene rings is 3. The van der Waals surface area contributed by atoms with Gasteiger partial charge in [-0.15, -0.1) is 0 Å². The number of hydrogen-bond acceptors (Lipinski definition) is 2. The molecular formula is C22H13F4NO2. The first kappa shape index (κ1) is 18.9. The average Bonchev–Trinajstić information content (AvgIpc) is 3.03. The van der Waals surface area contributed by atoms with Crippen molar-refractivity contribution in [1.82, 2.24) is 5.32 Å². The van der Waals surface area contributed by atoms with Crippen LogP contribution in [0.3, 0.4) is 0 Å². The molecule has 4 rings (SSSR count). The zero-order valence-electron chi connectivity index (χ0n) is 14.8. The summed E-state index contributed by atoms with van der Waals surface area (Å²) >= 11 is 0. The van der Waals surface area contributed by atoms with E-state index in [2.05, 4.69) is 5.32 Å². The van der Waals surface area contributed by atoms with Crippen LogP contribution in [-0.2, 0) is 5.54 Å². The molecule has 29 heavy (non-hydrogen) atoms. The van der Waals surface area contributed by atoms with Crippen LogP contribution >= 0.6 is 0 Å². The number of halogens is 4. The van der Waals surface area contributed by atoms with E-state index in [0.717, 1.165) is 48.5 Å². The van der Waals surface area contributed by atoms with Gasteiger partial charge in [0.2, 0.25) is 5.78 Å². The number of ketones is 1. The molecule has 0 aromatic heterocycles. The highest BCUT2D eigenvalue weighted by atomic mass is 19.3. The van der Waals surface area contributed by atoms with Crippen LogP contribution in [0.2, 0.25) is 0 Å². The zero-order valence-corrected chi connectivity index (χ0v) is 14.8. The summed E-state index contributed by atoms with van der Waals surface area (Å²) in [5.41, 5.74) is -3.23. The predicted octanol–water partition coefficient (Wildman–Crippen LogP) is 4.47. The minimum Gasteiger partial charge on any atom is -0.333 e. The fraction of sp³-hybridized carbons (Fsp3) is 0.0909. The van der Waals surface area contributed by atoms with Gasteiger partial charge in [0.1, 0.15) is 11.6 Å². The quantitative estimate of drug-likeness (QED) is 0.520. The van der Waals surface area contributed by atoms with Crippen molar-refractivity contribution in [2.24, 2.45) is 0 Å². The first-order chi connectivity index (χ1) is 13.8. The van der Waals surface area contributed by atoms with Crippen LogP contribution in [-0.4, -0.2) is 17.6 Å². The molecule has 0 fully saturated rings. The number of nitrogens with one attached hydrogen (secondary N) is 1. The summed E-state index contributed by atoms with van der Waals surface area (Å²) in [7, 11) is 0. The largest absolute Gasteiger partial charge is 0.340 e. The molecule has 3 aromatic carbocycles. The monoisotopic (exact) mass is 399 g/mol. The van der Waals surface area contributed by atoms with Crippen molar-refractivity contribution in [3.8, 4) is 0 Å². The third-order valence-corrected chi connectivity index (χ3v) is 5.02. The summed E-state index contributed by atoms with van der Waals surface area (Å²) in [6.45, 7) is 0. The number of amides is 1. The summed E-state index contributed by atoms with van der Waals surface area (Å²) < 4.78 is 58.3. The van der Waals surface area contributed by atoms with Gasteiger partial charge in [0, 0.05) is 16.7 Å². The van der Waals surface area contributed by atoms with E-state index in [1.54, 1.807) is 0 Å². The van der Waals surface area contributed by atoms with Crippen molar-refractivity contribution in [2.75, 3.05) is 0 Å². The first-order valence-electron chi connectivity index (χ1n) is 8.63. The van der Waals surface area contributed by atoms with E-state index in [-0.39, 0.29) is 16.7 Å². The number of Topliss-reactive ketones (excluding diaryl/α,β-unsaturated/α-hetero) is 1. The highest BCUT2D eigenvalue weighted by Crippen LogP contribution is 2.49. The van der Waals surface area contributed by atoms with Crippen molar-refractivity contribution in [2.45, 2.75) is 11.5 Å². The van der Waals surface area contributed by atoms with Crippen LogP contribution < -0.4 is 5.32 Å². The van der Waals surface area contributed by atoms with Crippen molar-refractivity contribution < 1.29 is 27.2 Å². The van der Waals surface area contributed by atoms with Gasteiger partial charge in [-0.25, -0.2) is 8.78 Å². The molecule has 1 aliphatic rings. The van der Waals surface area contributed by atoms with Crippen LogP contribution in [0, 0.1) is 11.6 Å². The molecule has 1 aliphatic heterocycles. The van der Waals surface area contributed by atoms with Gasteiger partial charge in [-0.05, 0) is 48.0 Å². The molecule has 146 valence electrons. The lowest BCUT2D eigenvalue weighted by molar-refractivity contribution is -0.0411. The minimum atomic E-state index is -4.16. The Morgan fingerprint density at radius 1 is 0.828 bits per heavy atom. The molecule has 0 saturated heterocycles. The minimum absolute atomic E-state index is 0.0107. The molecular weight excluding hydrogens is 386 g/mol. The maximum Gasteiger partial charge on any atom is 0.340 e. The Balaban J connectivity index is 1.96. The lowest BCUT2D eigenvalue weighted by atomic mass is 9.75. The van der Waals surface area contributed by atoms with E-state index in [0.29, 0.717) is 0 Å². The summed E-state index contributed by atoms with van der Waals surface area (Å²) in [6.07, 6.45) is 0. The lowest BCUT2D eigenvalue weighted by Gasteiger charge is -2.37. The molecule has 0 aliphatic carbocycles. The number of carbonyl (C=O) groups is 2. The average molecular weight is 399 g/mol. The number of fused-ring (bicyclic) bond motifs is 1. The van der Waals surface area contributed by atoms with Crippen LogP contribution in [0.1, 0.15) is 31.8 Å². The molecule has 1 unspecified atom stereocenters. The molecule has 0 spiro atoms. The summed E-state index contributed by atoms with van der Waals surface area (Å²) in [5.74, 6) is -7.88. The van der Waals surface area contributed by atoms with Crippen molar-refractivity contribution in [3.05, 3.63) is 107 Å². The molecule has 1 atom stereocenters. The molecule has 3 nitrogen and oxygen atoms in total. The Bertz CT molecular complexity index is 1110. The van der Waals surface area contributed by atoms with Gasteiger partial charge in [0.05, 0.1) is 0 Å². The molecule has 0 bridgehead atoms. The van der Waals surface area contributed by atoms with Gasteiger partial charge in [-0.3, -0.25) is 9.59 Å². The Morgan fingerprint density at radius 3 is 2.00 bits per heavy atom.